The summed E-state index contributed by atoms with van der Waals surface area (Å²) >= 11 is 1.48. The fourth-order valence-corrected chi connectivity index (χ4v) is 3.42. The molecule has 0 bridgehead atoms. The van der Waals surface area contributed by atoms with Gasteiger partial charge >= 0.3 is 0 Å². The van der Waals surface area contributed by atoms with E-state index in [1.54, 1.807) is 26.2 Å². The van der Waals surface area contributed by atoms with Gasteiger partial charge in [-0.15, -0.1) is 11.3 Å². The topological polar surface area (TPSA) is 56.3 Å². The molecule has 0 spiro atoms. The molecule has 26 heavy (non-hydrogen) atoms. The third-order valence-electron chi connectivity index (χ3n) is 3.98. The predicted molar refractivity (Wildman–Crippen MR) is 103 cm³/mol. The summed E-state index contributed by atoms with van der Waals surface area (Å²) in [5, 5.41) is 2.74. The third kappa shape index (κ3) is 4.43. The Morgan fingerprint density at radius 1 is 1.00 bits per heavy atom. The number of thiazole rings is 1. The van der Waals surface area contributed by atoms with Crippen molar-refractivity contribution in [1.82, 2.24) is 4.98 Å². The van der Waals surface area contributed by atoms with Gasteiger partial charge in [0.15, 0.2) is 5.78 Å². The molecular formula is C21H19NO3S. The van der Waals surface area contributed by atoms with Crippen LogP contribution in [-0.2, 0) is 17.6 Å². The molecule has 0 saturated carbocycles. The van der Waals surface area contributed by atoms with E-state index < -0.39 is 0 Å². The van der Waals surface area contributed by atoms with Crippen LogP contribution in [0.1, 0.15) is 27.9 Å². The zero-order valence-electron chi connectivity index (χ0n) is 14.7. The van der Waals surface area contributed by atoms with E-state index in [1.807, 2.05) is 41.8 Å². The number of methoxy groups -OCH3 is 1. The lowest BCUT2D eigenvalue weighted by Gasteiger charge is -2.02. The fraction of sp³-hybridized carbons (Fsp3) is 0.190. The molecule has 132 valence electrons. The molecule has 2 aromatic carbocycles. The molecule has 3 rings (SSSR count). The minimum Gasteiger partial charge on any atom is -0.497 e. The Labute approximate surface area is 156 Å². The Balaban J connectivity index is 1.68. The first kappa shape index (κ1) is 18.0. The SMILES string of the molecule is COc1ccc(-c2csc(CC(=O)c3ccc(CC(C)=O)cc3)n2)cc1. The number of carbonyl (C=O) groups excluding carboxylic acids is 2. The van der Waals surface area contributed by atoms with Gasteiger partial charge < -0.3 is 4.74 Å². The Morgan fingerprint density at radius 2 is 1.69 bits per heavy atom. The third-order valence-corrected chi connectivity index (χ3v) is 4.83. The highest BCUT2D eigenvalue weighted by atomic mass is 32.1. The number of aromatic nitrogens is 1. The maximum absolute atomic E-state index is 12.5. The molecule has 0 amide bonds. The van der Waals surface area contributed by atoms with Crippen LogP contribution in [0.3, 0.4) is 0 Å². The summed E-state index contributed by atoms with van der Waals surface area (Å²) < 4.78 is 5.16. The van der Waals surface area contributed by atoms with Crippen LogP contribution >= 0.6 is 11.3 Å². The Bertz CT molecular complexity index is 911. The van der Waals surface area contributed by atoms with Crippen LogP contribution in [0.4, 0.5) is 0 Å². The number of hydrogen-bond donors (Lipinski definition) is 0. The number of ether oxygens (including phenoxy) is 1. The molecule has 3 aromatic rings. The number of benzene rings is 2. The summed E-state index contributed by atoms with van der Waals surface area (Å²) in [5.74, 6) is 0.931. The number of ketones is 2. The second-order valence-electron chi connectivity index (χ2n) is 6.03. The highest BCUT2D eigenvalue weighted by Gasteiger charge is 2.12. The lowest BCUT2D eigenvalue weighted by Crippen LogP contribution is -2.04. The largest absolute Gasteiger partial charge is 0.497 e. The molecule has 0 radical (unpaired) electrons. The molecular weight excluding hydrogens is 346 g/mol. The second-order valence-corrected chi connectivity index (χ2v) is 6.97. The van der Waals surface area contributed by atoms with Gasteiger partial charge in [0, 0.05) is 22.9 Å². The van der Waals surface area contributed by atoms with Crippen LogP contribution < -0.4 is 4.74 Å². The Kier molecular flexibility index (Phi) is 5.58. The number of carbonyl (C=O) groups is 2. The number of nitrogens with zero attached hydrogens (tertiary/aromatic N) is 1. The lowest BCUT2D eigenvalue weighted by molar-refractivity contribution is -0.116. The maximum atomic E-state index is 12.5. The zero-order valence-corrected chi connectivity index (χ0v) is 15.5. The molecule has 0 aliphatic heterocycles. The lowest BCUT2D eigenvalue weighted by atomic mass is 10.0. The monoisotopic (exact) mass is 365 g/mol. The highest BCUT2D eigenvalue weighted by Crippen LogP contribution is 2.25. The summed E-state index contributed by atoms with van der Waals surface area (Å²) in [5.41, 5.74) is 3.41. The summed E-state index contributed by atoms with van der Waals surface area (Å²) in [6.07, 6.45) is 0.666. The quantitative estimate of drug-likeness (QED) is 0.583. The van der Waals surface area contributed by atoms with Gasteiger partial charge in [0.2, 0.25) is 0 Å². The predicted octanol–water partition coefficient (Wildman–Crippen LogP) is 4.38. The Hall–Kier alpha value is -2.79. The van der Waals surface area contributed by atoms with E-state index >= 15 is 0 Å². The summed E-state index contributed by atoms with van der Waals surface area (Å²) in [7, 11) is 1.63. The van der Waals surface area contributed by atoms with Crippen molar-refractivity contribution < 1.29 is 14.3 Å². The van der Waals surface area contributed by atoms with Crippen molar-refractivity contribution in [1.29, 1.82) is 0 Å². The van der Waals surface area contributed by atoms with Crippen molar-refractivity contribution >= 4 is 22.9 Å². The van der Waals surface area contributed by atoms with E-state index in [4.69, 9.17) is 4.74 Å². The molecule has 0 aliphatic carbocycles. The van der Waals surface area contributed by atoms with Crippen LogP contribution in [0, 0.1) is 0 Å². The van der Waals surface area contributed by atoms with Crippen molar-refractivity contribution in [3.63, 3.8) is 0 Å². The van der Waals surface area contributed by atoms with Crippen molar-refractivity contribution in [2.24, 2.45) is 0 Å². The van der Waals surface area contributed by atoms with Gasteiger partial charge in [-0.3, -0.25) is 9.59 Å². The molecule has 0 aliphatic rings. The first-order valence-corrected chi connectivity index (χ1v) is 9.13. The van der Waals surface area contributed by atoms with Gasteiger partial charge in [-0.2, -0.15) is 0 Å². The summed E-state index contributed by atoms with van der Waals surface area (Å²) in [4.78, 5) is 28.2. The summed E-state index contributed by atoms with van der Waals surface area (Å²) in [6, 6.07) is 14.9. The van der Waals surface area contributed by atoms with Crippen molar-refractivity contribution in [3.05, 3.63) is 70.0 Å². The van der Waals surface area contributed by atoms with Crippen LogP contribution in [0.5, 0.6) is 5.75 Å². The molecule has 1 heterocycles. The fourth-order valence-electron chi connectivity index (χ4n) is 2.62. The van der Waals surface area contributed by atoms with Gasteiger partial charge in [0.05, 0.1) is 19.2 Å². The van der Waals surface area contributed by atoms with E-state index in [0.29, 0.717) is 12.0 Å². The van der Waals surface area contributed by atoms with E-state index in [1.165, 1.54) is 11.3 Å². The van der Waals surface area contributed by atoms with Crippen LogP contribution in [0.25, 0.3) is 11.3 Å². The maximum Gasteiger partial charge on any atom is 0.169 e. The summed E-state index contributed by atoms with van der Waals surface area (Å²) in [6.45, 7) is 1.56. The van der Waals surface area contributed by atoms with Crippen LogP contribution in [0.15, 0.2) is 53.9 Å². The zero-order chi connectivity index (χ0) is 18.5. The van der Waals surface area contributed by atoms with E-state index in [0.717, 1.165) is 27.6 Å². The molecule has 1 aromatic heterocycles. The van der Waals surface area contributed by atoms with E-state index in [9.17, 15) is 9.59 Å². The van der Waals surface area contributed by atoms with Crippen molar-refractivity contribution in [3.8, 4) is 17.0 Å². The van der Waals surface area contributed by atoms with Crippen LogP contribution in [-0.4, -0.2) is 23.7 Å². The van der Waals surface area contributed by atoms with E-state index in [-0.39, 0.29) is 18.0 Å². The second kappa shape index (κ2) is 8.06. The average Bonchev–Trinajstić information content (AvgIpc) is 3.10. The molecule has 5 heteroatoms. The highest BCUT2D eigenvalue weighted by molar-refractivity contribution is 7.10. The first-order chi connectivity index (χ1) is 12.5. The van der Waals surface area contributed by atoms with Gasteiger partial charge in [-0.25, -0.2) is 4.98 Å². The van der Waals surface area contributed by atoms with Gasteiger partial charge in [0.1, 0.15) is 16.5 Å². The van der Waals surface area contributed by atoms with Crippen molar-refractivity contribution in [2.75, 3.05) is 7.11 Å². The molecule has 0 atom stereocenters. The number of hydrogen-bond acceptors (Lipinski definition) is 5. The van der Waals surface area contributed by atoms with Gasteiger partial charge in [-0.1, -0.05) is 24.3 Å². The van der Waals surface area contributed by atoms with Gasteiger partial charge in [-0.05, 0) is 36.8 Å². The van der Waals surface area contributed by atoms with Crippen LogP contribution in [0.2, 0.25) is 0 Å². The smallest absolute Gasteiger partial charge is 0.169 e. The Morgan fingerprint density at radius 3 is 2.31 bits per heavy atom. The molecule has 4 nitrogen and oxygen atoms in total. The molecule has 0 saturated heterocycles. The first-order valence-electron chi connectivity index (χ1n) is 8.25. The number of Topliss-reactive ketones (excluding diaryl/α,β-unsaturated/α-hetero) is 2. The molecule has 0 fully saturated rings. The van der Waals surface area contributed by atoms with Crippen molar-refractivity contribution in [2.45, 2.75) is 19.8 Å². The minimum absolute atomic E-state index is 0.0232. The van der Waals surface area contributed by atoms with E-state index in [2.05, 4.69) is 4.98 Å². The normalized spacial score (nSPS) is 10.5. The number of rotatable bonds is 7. The molecule has 0 N–H and O–H groups in total. The average molecular weight is 365 g/mol. The standard InChI is InChI=1S/C21H19NO3S/c1-14(23)11-15-3-5-17(6-4-15)20(24)12-21-22-19(13-26-21)16-7-9-18(25-2)10-8-16/h3-10,13H,11-12H2,1-2H3. The molecule has 0 unspecified atom stereocenters. The minimum atomic E-state index is 0.0232. The van der Waals surface area contributed by atoms with Gasteiger partial charge in [0.25, 0.3) is 0 Å².